The van der Waals surface area contributed by atoms with E-state index >= 15 is 0 Å². The minimum absolute atomic E-state index is 0.164. The van der Waals surface area contributed by atoms with Gasteiger partial charge in [-0.3, -0.25) is 4.57 Å². The van der Waals surface area contributed by atoms with Gasteiger partial charge in [0.05, 0.1) is 13.3 Å². The molecule has 11 heteroatoms. The minimum atomic E-state index is -0.934. The van der Waals surface area contributed by atoms with E-state index in [-0.39, 0.29) is 23.6 Å². The van der Waals surface area contributed by atoms with Crippen LogP contribution in [0.4, 0.5) is 9.18 Å². The monoisotopic (exact) mass is 388 g/mol. The van der Waals surface area contributed by atoms with Crippen LogP contribution in [0.25, 0.3) is 16.9 Å². The summed E-state index contributed by atoms with van der Waals surface area (Å²) in [7, 11) is 1.41. The SMILES string of the molecule is COc1cc(F)c(-n2cnc3c(OC4CCN(C(=O)O)CC4)ncnc32)cn1. The molecule has 10 nitrogen and oxygen atoms in total. The Hall–Kier alpha value is -3.50. The molecule has 28 heavy (non-hydrogen) atoms. The van der Waals surface area contributed by atoms with Crippen molar-refractivity contribution in [3.05, 3.63) is 30.7 Å². The number of methoxy groups -OCH3 is 1. The molecule has 0 atom stereocenters. The van der Waals surface area contributed by atoms with Gasteiger partial charge >= 0.3 is 6.09 Å². The van der Waals surface area contributed by atoms with Gasteiger partial charge in [-0.2, -0.15) is 4.98 Å². The number of halogens is 1. The van der Waals surface area contributed by atoms with E-state index in [9.17, 15) is 9.18 Å². The Labute approximate surface area is 158 Å². The summed E-state index contributed by atoms with van der Waals surface area (Å²) in [5.74, 6) is -0.0929. The van der Waals surface area contributed by atoms with Crippen molar-refractivity contribution in [2.45, 2.75) is 18.9 Å². The molecule has 3 aromatic rings. The van der Waals surface area contributed by atoms with Crippen molar-refractivity contribution in [1.29, 1.82) is 0 Å². The average molecular weight is 388 g/mol. The first kappa shape index (κ1) is 17.9. The number of nitrogens with zero attached hydrogens (tertiary/aromatic N) is 6. The topological polar surface area (TPSA) is 115 Å². The van der Waals surface area contributed by atoms with E-state index in [1.54, 1.807) is 0 Å². The summed E-state index contributed by atoms with van der Waals surface area (Å²) in [6.45, 7) is 0.788. The Morgan fingerprint density at radius 3 is 2.71 bits per heavy atom. The van der Waals surface area contributed by atoms with Crippen molar-refractivity contribution in [3.63, 3.8) is 0 Å². The Morgan fingerprint density at radius 1 is 1.25 bits per heavy atom. The second-order valence-corrected chi connectivity index (χ2v) is 6.23. The standard InChI is InChI=1S/C17H17FN6O4/c1-27-13-6-11(18)12(7-19-13)24-9-22-14-15(24)20-8-21-16(14)28-10-2-4-23(5-3-10)17(25)26/h6-10H,2-5H2,1H3,(H,25,26). The third-order valence-corrected chi connectivity index (χ3v) is 4.57. The molecule has 0 aliphatic carbocycles. The first-order chi connectivity index (χ1) is 13.6. The van der Waals surface area contributed by atoms with E-state index in [0.29, 0.717) is 37.1 Å². The summed E-state index contributed by atoms with van der Waals surface area (Å²) in [4.78, 5) is 29.0. The second kappa shape index (κ2) is 7.25. The van der Waals surface area contributed by atoms with E-state index in [1.165, 1.54) is 41.5 Å². The normalized spacial score (nSPS) is 15.0. The zero-order valence-corrected chi connectivity index (χ0v) is 14.9. The molecule has 0 bridgehead atoms. The number of carboxylic acid groups (broad SMARTS) is 1. The van der Waals surface area contributed by atoms with Gasteiger partial charge in [0.15, 0.2) is 17.0 Å². The first-order valence-electron chi connectivity index (χ1n) is 8.59. The summed E-state index contributed by atoms with van der Waals surface area (Å²) >= 11 is 0. The zero-order chi connectivity index (χ0) is 19.7. The van der Waals surface area contributed by atoms with Gasteiger partial charge < -0.3 is 19.5 Å². The number of pyridine rings is 1. The van der Waals surface area contributed by atoms with Crippen LogP contribution in [0.2, 0.25) is 0 Å². The average Bonchev–Trinajstić information content (AvgIpc) is 3.13. The molecule has 0 radical (unpaired) electrons. The maximum atomic E-state index is 14.4. The minimum Gasteiger partial charge on any atom is -0.481 e. The van der Waals surface area contributed by atoms with E-state index in [0.717, 1.165) is 0 Å². The van der Waals surface area contributed by atoms with Crippen LogP contribution in [-0.4, -0.2) is 66.9 Å². The fraction of sp³-hybridized carbons (Fsp3) is 0.353. The number of imidazole rings is 1. The largest absolute Gasteiger partial charge is 0.481 e. The summed E-state index contributed by atoms with van der Waals surface area (Å²) in [5.41, 5.74) is 0.930. The predicted molar refractivity (Wildman–Crippen MR) is 94.2 cm³/mol. The number of fused-ring (bicyclic) bond motifs is 1. The van der Waals surface area contributed by atoms with Crippen LogP contribution in [0.5, 0.6) is 11.8 Å². The fourth-order valence-electron chi connectivity index (χ4n) is 3.09. The lowest BCUT2D eigenvalue weighted by Gasteiger charge is -2.29. The summed E-state index contributed by atoms with van der Waals surface area (Å²) in [6.07, 6.45) is 4.06. The number of piperidine rings is 1. The van der Waals surface area contributed by atoms with Crippen LogP contribution < -0.4 is 9.47 Å². The number of ether oxygens (including phenoxy) is 2. The molecule has 1 fully saturated rings. The number of amides is 1. The van der Waals surface area contributed by atoms with Gasteiger partial charge in [-0.25, -0.2) is 24.1 Å². The van der Waals surface area contributed by atoms with Crippen molar-refractivity contribution < 1.29 is 23.8 Å². The molecule has 146 valence electrons. The lowest BCUT2D eigenvalue weighted by atomic mass is 10.1. The van der Waals surface area contributed by atoms with Crippen LogP contribution in [0.1, 0.15) is 12.8 Å². The van der Waals surface area contributed by atoms with E-state index in [1.807, 2.05) is 0 Å². The third kappa shape index (κ3) is 3.26. The summed E-state index contributed by atoms with van der Waals surface area (Å²) < 4.78 is 26.7. The molecule has 1 N–H and O–H groups in total. The van der Waals surface area contributed by atoms with E-state index < -0.39 is 11.9 Å². The van der Waals surface area contributed by atoms with Crippen LogP contribution in [0.3, 0.4) is 0 Å². The van der Waals surface area contributed by atoms with E-state index in [2.05, 4.69) is 19.9 Å². The van der Waals surface area contributed by atoms with Gasteiger partial charge in [-0.15, -0.1) is 0 Å². The Morgan fingerprint density at radius 2 is 2.04 bits per heavy atom. The predicted octanol–water partition coefficient (Wildman–Crippen LogP) is 1.88. The van der Waals surface area contributed by atoms with Gasteiger partial charge in [0.25, 0.3) is 0 Å². The highest BCUT2D eigenvalue weighted by Gasteiger charge is 2.25. The Balaban J connectivity index is 1.60. The lowest BCUT2D eigenvalue weighted by Crippen LogP contribution is -2.41. The summed E-state index contributed by atoms with van der Waals surface area (Å²) in [6, 6.07) is 1.18. The third-order valence-electron chi connectivity index (χ3n) is 4.57. The quantitative estimate of drug-likeness (QED) is 0.720. The molecular weight excluding hydrogens is 371 g/mol. The second-order valence-electron chi connectivity index (χ2n) is 6.23. The van der Waals surface area contributed by atoms with Gasteiger partial charge in [-0.05, 0) is 0 Å². The van der Waals surface area contributed by atoms with Crippen LogP contribution >= 0.6 is 0 Å². The molecule has 1 aliphatic heterocycles. The molecular formula is C17H17FN6O4. The smallest absolute Gasteiger partial charge is 0.407 e. The van der Waals surface area contributed by atoms with Crippen molar-refractivity contribution >= 4 is 17.3 Å². The van der Waals surface area contributed by atoms with Crippen LogP contribution in [0, 0.1) is 5.82 Å². The van der Waals surface area contributed by atoms with Crippen molar-refractivity contribution in [2.24, 2.45) is 0 Å². The number of hydrogen-bond donors (Lipinski definition) is 1. The molecule has 0 unspecified atom stereocenters. The maximum absolute atomic E-state index is 14.4. The fourth-order valence-corrected chi connectivity index (χ4v) is 3.09. The number of aromatic nitrogens is 5. The molecule has 0 aromatic carbocycles. The van der Waals surface area contributed by atoms with Gasteiger partial charge in [0.1, 0.15) is 24.4 Å². The lowest BCUT2D eigenvalue weighted by molar-refractivity contribution is 0.0878. The van der Waals surface area contributed by atoms with Crippen molar-refractivity contribution in [2.75, 3.05) is 20.2 Å². The highest BCUT2D eigenvalue weighted by molar-refractivity contribution is 5.77. The van der Waals surface area contributed by atoms with Gasteiger partial charge in [0, 0.05) is 32.0 Å². The summed E-state index contributed by atoms with van der Waals surface area (Å²) in [5, 5.41) is 9.03. The van der Waals surface area contributed by atoms with Crippen molar-refractivity contribution in [1.82, 2.24) is 29.4 Å². The maximum Gasteiger partial charge on any atom is 0.407 e. The van der Waals surface area contributed by atoms with E-state index in [4.69, 9.17) is 14.6 Å². The molecule has 3 aromatic heterocycles. The molecule has 0 spiro atoms. The van der Waals surface area contributed by atoms with Gasteiger partial charge in [0.2, 0.25) is 11.8 Å². The highest BCUT2D eigenvalue weighted by atomic mass is 19.1. The zero-order valence-electron chi connectivity index (χ0n) is 14.9. The van der Waals surface area contributed by atoms with Crippen molar-refractivity contribution in [3.8, 4) is 17.4 Å². The number of carbonyl (C=O) groups is 1. The molecule has 4 rings (SSSR count). The molecule has 1 aliphatic rings. The number of rotatable bonds is 4. The Kier molecular flexibility index (Phi) is 4.63. The first-order valence-corrected chi connectivity index (χ1v) is 8.59. The molecule has 4 heterocycles. The molecule has 1 amide bonds. The molecule has 0 saturated carbocycles. The van der Waals surface area contributed by atoms with Gasteiger partial charge in [-0.1, -0.05) is 0 Å². The number of hydrogen-bond acceptors (Lipinski definition) is 7. The van der Waals surface area contributed by atoms with Crippen LogP contribution in [0.15, 0.2) is 24.9 Å². The van der Waals surface area contributed by atoms with Crippen LogP contribution in [-0.2, 0) is 0 Å². The molecule has 1 saturated heterocycles. The number of likely N-dealkylation sites (tertiary alicyclic amines) is 1. The highest BCUT2D eigenvalue weighted by Crippen LogP contribution is 2.26. The Bertz CT molecular complexity index is 1020.